The monoisotopic (exact) mass is 522 g/mol. The molecule has 3 aromatic rings. The summed E-state index contributed by atoms with van der Waals surface area (Å²) in [5.41, 5.74) is 9.23. The number of nitrogens with one attached hydrogen (secondary N) is 1. The highest BCUT2D eigenvalue weighted by molar-refractivity contribution is 7.77. The van der Waals surface area contributed by atoms with Crippen LogP contribution in [0, 0.1) is 0 Å². The molecule has 9 nitrogen and oxygen atoms in total. The van der Waals surface area contributed by atoms with Crippen molar-refractivity contribution in [2.75, 3.05) is 13.2 Å². The number of hydrogen-bond donors (Lipinski definition) is 2. The molecule has 0 saturated heterocycles. The molecule has 0 radical (unpaired) electrons. The lowest BCUT2D eigenvalue weighted by molar-refractivity contribution is -0.152. The SMILES string of the molecule is [N-]=[N+]=NCCCCOc1ccc(C[C@](Cc2ccccc2)(NS(=O)O)C(=O)OCc2ccccc2)cc1. The van der Waals surface area contributed by atoms with E-state index in [-0.39, 0.29) is 19.4 Å². The zero-order valence-corrected chi connectivity index (χ0v) is 21.2. The topological polar surface area (TPSA) is 134 Å². The number of ether oxygens (including phenoxy) is 2. The molecule has 37 heavy (non-hydrogen) atoms. The van der Waals surface area contributed by atoms with E-state index in [0.29, 0.717) is 18.9 Å². The number of unbranched alkanes of at least 4 members (excludes halogenated alkanes) is 1. The molecule has 2 N–H and O–H groups in total. The first-order chi connectivity index (χ1) is 18.0. The van der Waals surface area contributed by atoms with Gasteiger partial charge in [0.1, 0.15) is 17.9 Å². The van der Waals surface area contributed by atoms with Gasteiger partial charge in [0.05, 0.1) is 6.61 Å². The van der Waals surface area contributed by atoms with Gasteiger partial charge in [-0.25, -0.2) is 9.00 Å². The van der Waals surface area contributed by atoms with E-state index in [2.05, 4.69) is 14.7 Å². The largest absolute Gasteiger partial charge is 0.494 e. The van der Waals surface area contributed by atoms with Gasteiger partial charge in [-0.15, -0.1) is 0 Å². The minimum absolute atomic E-state index is 0.0441. The molecule has 0 aromatic heterocycles. The summed E-state index contributed by atoms with van der Waals surface area (Å²) >= 11 is -2.47. The van der Waals surface area contributed by atoms with Crippen LogP contribution in [0.25, 0.3) is 10.4 Å². The third-order valence-electron chi connectivity index (χ3n) is 5.65. The second kappa shape index (κ2) is 14.8. The Balaban J connectivity index is 1.77. The minimum Gasteiger partial charge on any atom is -0.494 e. The van der Waals surface area contributed by atoms with Gasteiger partial charge in [0.15, 0.2) is 0 Å². The Morgan fingerprint density at radius 2 is 1.51 bits per heavy atom. The van der Waals surface area contributed by atoms with Crippen molar-refractivity contribution < 1.29 is 23.0 Å². The van der Waals surface area contributed by atoms with Crippen molar-refractivity contribution in [3.8, 4) is 5.75 Å². The molecule has 0 aliphatic rings. The van der Waals surface area contributed by atoms with Gasteiger partial charge in [-0.2, -0.15) is 4.72 Å². The molecule has 0 aliphatic carbocycles. The molecular weight excluding hydrogens is 492 g/mol. The molecule has 0 bridgehead atoms. The van der Waals surface area contributed by atoms with Crippen LogP contribution in [-0.4, -0.2) is 33.4 Å². The molecule has 10 heteroatoms. The molecule has 0 heterocycles. The normalized spacial score (nSPS) is 13.1. The molecule has 0 amide bonds. The van der Waals surface area contributed by atoms with Crippen LogP contribution in [0.15, 0.2) is 90.0 Å². The van der Waals surface area contributed by atoms with E-state index in [1.54, 1.807) is 12.1 Å². The number of carbonyl (C=O) groups is 1. The third kappa shape index (κ3) is 9.36. The van der Waals surface area contributed by atoms with Crippen LogP contribution in [0.5, 0.6) is 5.75 Å². The van der Waals surface area contributed by atoms with Crippen molar-refractivity contribution in [2.24, 2.45) is 5.11 Å². The molecule has 3 rings (SSSR count). The van der Waals surface area contributed by atoms with E-state index in [9.17, 15) is 13.6 Å². The summed E-state index contributed by atoms with van der Waals surface area (Å²) in [5.74, 6) is 0.0366. The number of benzene rings is 3. The molecule has 0 aliphatic heterocycles. The molecule has 0 spiro atoms. The Bertz CT molecular complexity index is 1190. The molecule has 3 aromatic carbocycles. The first-order valence-electron chi connectivity index (χ1n) is 11.9. The molecule has 194 valence electrons. The summed E-state index contributed by atoms with van der Waals surface area (Å²) in [7, 11) is 0. The number of esters is 1. The van der Waals surface area contributed by atoms with E-state index in [1.165, 1.54) is 0 Å². The van der Waals surface area contributed by atoms with Gasteiger partial charge >= 0.3 is 5.97 Å². The fraction of sp³-hybridized carbons (Fsp3) is 0.296. The van der Waals surface area contributed by atoms with Gasteiger partial charge in [0, 0.05) is 24.3 Å². The minimum atomic E-state index is -2.47. The van der Waals surface area contributed by atoms with Crippen LogP contribution in [0.1, 0.15) is 29.5 Å². The summed E-state index contributed by atoms with van der Waals surface area (Å²) in [6.07, 6.45) is 1.76. The molecule has 0 fully saturated rings. The van der Waals surface area contributed by atoms with Crippen LogP contribution >= 0.6 is 0 Å². The summed E-state index contributed by atoms with van der Waals surface area (Å²) in [5, 5.41) is 3.50. The highest BCUT2D eigenvalue weighted by atomic mass is 32.2. The predicted octanol–water partition coefficient (Wildman–Crippen LogP) is 5.15. The lowest BCUT2D eigenvalue weighted by atomic mass is 9.85. The maximum atomic E-state index is 13.5. The number of rotatable bonds is 15. The lowest BCUT2D eigenvalue weighted by Crippen LogP contribution is -2.56. The van der Waals surface area contributed by atoms with Crippen LogP contribution in [0.4, 0.5) is 0 Å². The highest BCUT2D eigenvalue weighted by Gasteiger charge is 2.42. The van der Waals surface area contributed by atoms with Crippen molar-refractivity contribution >= 4 is 17.2 Å². The van der Waals surface area contributed by atoms with E-state index < -0.39 is 22.8 Å². The molecule has 0 saturated carbocycles. The van der Waals surface area contributed by atoms with Crippen molar-refractivity contribution in [2.45, 2.75) is 37.8 Å². The first-order valence-corrected chi connectivity index (χ1v) is 13.0. The number of azide groups is 1. The fourth-order valence-corrected chi connectivity index (χ4v) is 4.43. The number of hydrogen-bond acceptors (Lipinski definition) is 5. The van der Waals surface area contributed by atoms with E-state index >= 15 is 0 Å². The second-order valence-electron chi connectivity index (χ2n) is 8.49. The highest BCUT2D eigenvalue weighted by Crippen LogP contribution is 2.24. The molecular formula is C27H30N4O5S. The maximum Gasteiger partial charge on any atom is 0.328 e. The average molecular weight is 523 g/mol. The van der Waals surface area contributed by atoms with Crippen LogP contribution in [0.3, 0.4) is 0 Å². The Kier molecular flexibility index (Phi) is 11.1. The average Bonchev–Trinajstić information content (AvgIpc) is 2.91. The Morgan fingerprint density at radius 1 is 0.919 bits per heavy atom. The zero-order chi connectivity index (χ0) is 26.3. The molecule has 2 atom stereocenters. The van der Waals surface area contributed by atoms with Gasteiger partial charge in [0.25, 0.3) is 0 Å². The lowest BCUT2D eigenvalue weighted by Gasteiger charge is -2.31. The summed E-state index contributed by atoms with van der Waals surface area (Å²) in [6.45, 7) is 0.958. The standard InChI is InChI=1S/C27H30N4O5S/c28-31-29-17-7-8-18-35-25-15-13-23(14-16-25)20-27(30-37(33)34,19-22-9-3-1-4-10-22)26(32)36-21-24-11-5-2-6-12-24/h1-6,9-16,30H,7-8,17-21H2,(H,33,34)/t27-/m0/s1. The first kappa shape index (κ1) is 27.9. The van der Waals surface area contributed by atoms with Gasteiger partial charge in [-0.05, 0) is 47.2 Å². The Morgan fingerprint density at radius 3 is 2.11 bits per heavy atom. The molecule has 1 unspecified atom stereocenters. The van der Waals surface area contributed by atoms with Crippen molar-refractivity contribution in [1.82, 2.24) is 4.72 Å². The number of nitrogens with zero attached hydrogens (tertiary/aromatic N) is 3. The second-order valence-corrected chi connectivity index (χ2v) is 9.19. The van der Waals surface area contributed by atoms with Gasteiger partial charge < -0.3 is 9.47 Å². The third-order valence-corrected chi connectivity index (χ3v) is 6.21. The van der Waals surface area contributed by atoms with Crippen molar-refractivity contribution in [3.63, 3.8) is 0 Å². The smallest absolute Gasteiger partial charge is 0.328 e. The van der Waals surface area contributed by atoms with Crippen molar-refractivity contribution in [1.29, 1.82) is 0 Å². The van der Waals surface area contributed by atoms with E-state index in [1.807, 2.05) is 72.8 Å². The predicted molar refractivity (Wildman–Crippen MR) is 142 cm³/mol. The number of carbonyl (C=O) groups excluding carboxylic acids is 1. The Hall–Kier alpha value is -3.69. The summed E-state index contributed by atoms with van der Waals surface area (Å²) in [6, 6.07) is 25.8. The quantitative estimate of drug-likeness (QED) is 0.0711. The maximum absolute atomic E-state index is 13.5. The summed E-state index contributed by atoms with van der Waals surface area (Å²) in [4.78, 5) is 16.2. The van der Waals surface area contributed by atoms with Gasteiger partial charge in [-0.1, -0.05) is 77.9 Å². The van der Waals surface area contributed by atoms with Crippen LogP contribution < -0.4 is 9.46 Å². The van der Waals surface area contributed by atoms with Crippen molar-refractivity contribution in [3.05, 3.63) is 112 Å². The van der Waals surface area contributed by atoms with E-state index in [4.69, 9.17) is 15.0 Å². The van der Waals surface area contributed by atoms with E-state index in [0.717, 1.165) is 29.5 Å². The van der Waals surface area contributed by atoms with Crippen LogP contribution in [-0.2, 0) is 40.2 Å². The van der Waals surface area contributed by atoms with Crippen LogP contribution in [0.2, 0.25) is 0 Å². The Labute approximate surface area is 218 Å². The summed E-state index contributed by atoms with van der Waals surface area (Å²) < 4.78 is 35.8. The van der Waals surface area contributed by atoms with Gasteiger partial charge in [0.2, 0.25) is 11.3 Å². The fourth-order valence-electron chi connectivity index (χ4n) is 3.86. The van der Waals surface area contributed by atoms with Gasteiger partial charge in [-0.3, -0.25) is 4.55 Å². The zero-order valence-electron chi connectivity index (χ0n) is 20.4.